The summed E-state index contributed by atoms with van der Waals surface area (Å²) in [6.07, 6.45) is 12.0. The highest BCUT2D eigenvalue weighted by Crippen LogP contribution is 2.40. The van der Waals surface area contributed by atoms with Crippen molar-refractivity contribution < 1.29 is 9.18 Å². The predicted molar refractivity (Wildman–Crippen MR) is 100 cm³/mol. The highest BCUT2D eigenvalue weighted by atomic mass is 35.5. The van der Waals surface area contributed by atoms with Crippen LogP contribution in [0.15, 0.2) is 24.8 Å². The van der Waals surface area contributed by atoms with Gasteiger partial charge in [-0.05, 0) is 0 Å². The first-order valence-electron chi connectivity index (χ1n) is 7.70. The van der Waals surface area contributed by atoms with Gasteiger partial charge in [0.2, 0.25) is 6.41 Å². The van der Waals surface area contributed by atoms with Crippen molar-refractivity contribution in [1.29, 1.82) is 0 Å². The molecule has 4 rings (SSSR count). The summed E-state index contributed by atoms with van der Waals surface area (Å²) in [5.41, 5.74) is 1.88. The van der Waals surface area contributed by atoms with E-state index in [-0.39, 0.29) is 17.3 Å². The third kappa shape index (κ3) is 2.72. The second-order valence-corrected chi connectivity index (χ2v) is 5.90. The second kappa shape index (κ2) is 6.59. The molecule has 0 aliphatic carbocycles. The maximum absolute atomic E-state index is 14.9. The van der Waals surface area contributed by atoms with Gasteiger partial charge in [-0.1, -0.05) is 17.5 Å². The first-order chi connectivity index (χ1) is 13.1. The first-order valence-corrected chi connectivity index (χ1v) is 8.08. The number of imidazole rings is 1. The number of benzene rings is 1. The number of H-pyrrole nitrogens is 1. The number of terminal acetylenes is 1. The predicted octanol–water partition coefficient (Wildman–Crippen LogP) is 2.68. The molecule has 27 heavy (non-hydrogen) atoms. The lowest BCUT2D eigenvalue weighted by Crippen LogP contribution is -2.04. The van der Waals surface area contributed by atoms with Crippen LogP contribution < -0.4 is 10.6 Å². The second-order valence-electron chi connectivity index (χ2n) is 5.52. The Hall–Kier alpha value is -3.64. The van der Waals surface area contributed by atoms with Gasteiger partial charge in [0.25, 0.3) is 0 Å². The number of aromatic nitrogens is 5. The fourth-order valence-corrected chi connectivity index (χ4v) is 3.12. The standard InChI is InChI=1S/C17H11ClFN7O/c1-2-3-20-17-15(19)14(18)13(9-4-23-25-16(9)17)10-6-26-7-11(22-8-27)24-12(26)5-21-10/h1,4-8,20H,3H2,(H,22,27)(H,23,25). The smallest absolute Gasteiger partial charge is 0.212 e. The van der Waals surface area contributed by atoms with Crippen molar-refractivity contribution in [2.24, 2.45) is 0 Å². The lowest BCUT2D eigenvalue weighted by Gasteiger charge is -2.12. The summed E-state index contributed by atoms with van der Waals surface area (Å²) in [7, 11) is 0. The molecule has 3 aromatic heterocycles. The summed E-state index contributed by atoms with van der Waals surface area (Å²) < 4.78 is 16.5. The van der Waals surface area contributed by atoms with Gasteiger partial charge in [-0.3, -0.25) is 14.9 Å². The fourth-order valence-electron chi connectivity index (χ4n) is 2.83. The van der Waals surface area contributed by atoms with E-state index in [1.54, 1.807) is 16.8 Å². The number of rotatable bonds is 5. The molecule has 4 aromatic rings. The monoisotopic (exact) mass is 383 g/mol. The summed E-state index contributed by atoms with van der Waals surface area (Å²) in [5, 5.41) is 12.5. The van der Waals surface area contributed by atoms with E-state index in [1.165, 1.54) is 12.4 Å². The largest absolute Gasteiger partial charge is 0.370 e. The molecule has 0 aliphatic heterocycles. The molecule has 1 amide bonds. The summed E-state index contributed by atoms with van der Waals surface area (Å²) >= 11 is 6.32. The van der Waals surface area contributed by atoms with Crippen LogP contribution in [0, 0.1) is 18.2 Å². The number of nitrogens with one attached hydrogen (secondary N) is 3. The van der Waals surface area contributed by atoms with Crippen LogP contribution in [-0.4, -0.2) is 37.5 Å². The molecular weight excluding hydrogens is 373 g/mol. The normalized spacial score (nSPS) is 10.9. The Morgan fingerprint density at radius 2 is 2.26 bits per heavy atom. The van der Waals surface area contributed by atoms with Crippen molar-refractivity contribution >= 4 is 46.1 Å². The molecule has 1 aromatic carbocycles. The third-order valence-corrected chi connectivity index (χ3v) is 4.32. The number of carbonyl (C=O) groups is 1. The molecule has 10 heteroatoms. The minimum absolute atomic E-state index is 0.110. The van der Waals surface area contributed by atoms with Crippen molar-refractivity contribution in [3.05, 3.63) is 35.6 Å². The molecule has 8 nitrogen and oxygen atoms in total. The zero-order valence-electron chi connectivity index (χ0n) is 13.6. The number of fused-ring (bicyclic) bond motifs is 2. The molecule has 0 unspecified atom stereocenters. The number of anilines is 2. The summed E-state index contributed by atoms with van der Waals surface area (Å²) in [4.78, 5) is 19.1. The number of aromatic amines is 1. The topological polar surface area (TPSA) is 100 Å². The minimum Gasteiger partial charge on any atom is -0.370 e. The molecule has 0 radical (unpaired) electrons. The summed E-state index contributed by atoms with van der Waals surface area (Å²) in [5.74, 6) is 2.10. The highest BCUT2D eigenvalue weighted by Gasteiger charge is 2.22. The SMILES string of the molecule is C#CCNc1c(F)c(Cl)c(-c2cn3cc(NC=O)nc3cn2)c2cn[nH]c12. The van der Waals surface area contributed by atoms with Gasteiger partial charge >= 0.3 is 0 Å². The average Bonchev–Trinajstić information content (AvgIpc) is 3.28. The number of hydrogen-bond acceptors (Lipinski definition) is 5. The van der Waals surface area contributed by atoms with Crippen molar-refractivity contribution in [2.45, 2.75) is 0 Å². The van der Waals surface area contributed by atoms with E-state index in [4.69, 9.17) is 18.0 Å². The van der Waals surface area contributed by atoms with Gasteiger partial charge < -0.3 is 15.0 Å². The van der Waals surface area contributed by atoms with Gasteiger partial charge in [-0.15, -0.1) is 6.42 Å². The van der Waals surface area contributed by atoms with E-state index in [1.807, 2.05) is 0 Å². The first kappa shape index (κ1) is 16.8. The van der Waals surface area contributed by atoms with Crippen molar-refractivity contribution in [3.8, 4) is 23.6 Å². The lowest BCUT2D eigenvalue weighted by molar-refractivity contribution is -0.105. The molecule has 0 saturated heterocycles. The number of hydrogen-bond donors (Lipinski definition) is 3. The van der Waals surface area contributed by atoms with E-state index < -0.39 is 5.82 Å². The number of nitrogens with zero attached hydrogens (tertiary/aromatic N) is 4. The molecule has 0 spiro atoms. The molecule has 0 saturated carbocycles. The third-order valence-electron chi connectivity index (χ3n) is 3.96. The summed E-state index contributed by atoms with van der Waals surface area (Å²) in [6.45, 7) is 0.131. The Bertz CT molecular complexity index is 1220. The Morgan fingerprint density at radius 3 is 3.04 bits per heavy atom. The van der Waals surface area contributed by atoms with Crippen LogP contribution in [0.25, 0.3) is 27.8 Å². The van der Waals surface area contributed by atoms with Gasteiger partial charge in [-0.25, -0.2) is 9.37 Å². The van der Waals surface area contributed by atoms with E-state index in [2.05, 4.69) is 36.7 Å². The van der Waals surface area contributed by atoms with Crippen molar-refractivity contribution in [3.63, 3.8) is 0 Å². The van der Waals surface area contributed by atoms with Gasteiger partial charge in [0.1, 0.15) is 0 Å². The fraction of sp³-hybridized carbons (Fsp3) is 0.0588. The molecule has 3 heterocycles. The van der Waals surface area contributed by atoms with Crippen LogP contribution in [0.5, 0.6) is 0 Å². The Labute approximate surface area is 156 Å². The molecule has 0 fully saturated rings. The van der Waals surface area contributed by atoms with Crippen LogP contribution in [0.1, 0.15) is 0 Å². The van der Waals surface area contributed by atoms with E-state index in [0.717, 1.165) is 0 Å². The quantitative estimate of drug-likeness (QED) is 0.363. The van der Waals surface area contributed by atoms with Crippen LogP contribution in [0.2, 0.25) is 5.02 Å². The maximum Gasteiger partial charge on any atom is 0.212 e. The zero-order valence-corrected chi connectivity index (χ0v) is 14.4. The van der Waals surface area contributed by atoms with Gasteiger partial charge in [0.05, 0.1) is 47.1 Å². The number of carbonyl (C=O) groups excluding carboxylic acids is 1. The van der Waals surface area contributed by atoms with Crippen molar-refractivity contribution in [2.75, 3.05) is 17.2 Å². The van der Waals surface area contributed by atoms with E-state index in [9.17, 15) is 9.18 Å². The average molecular weight is 384 g/mol. The van der Waals surface area contributed by atoms with Crippen LogP contribution >= 0.6 is 11.6 Å². The molecule has 134 valence electrons. The van der Waals surface area contributed by atoms with Crippen LogP contribution in [0.3, 0.4) is 0 Å². The van der Waals surface area contributed by atoms with Crippen LogP contribution in [-0.2, 0) is 4.79 Å². The maximum atomic E-state index is 14.9. The Balaban J connectivity index is 1.92. The van der Waals surface area contributed by atoms with Gasteiger partial charge in [-0.2, -0.15) is 5.10 Å². The zero-order chi connectivity index (χ0) is 19.0. The minimum atomic E-state index is -0.658. The molecular formula is C17H11ClFN7O. The molecule has 3 N–H and O–H groups in total. The summed E-state index contributed by atoms with van der Waals surface area (Å²) in [6, 6.07) is 0. The van der Waals surface area contributed by atoms with E-state index in [0.29, 0.717) is 40.0 Å². The number of halogens is 2. The van der Waals surface area contributed by atoms with E-state index >= 15 is 0 Å². The Kier molecular flexibility index (Phi) is 4.10. The molecule has 0 aliphatic rings. The Morgan fingerprint density at radius 1 is 1.41 bits per heavy atom. The van der Waals surface area contributed by atoms with Gasteiger partial charge in [0, 0.05) is 17.1 Å². The lowest BCUT2D eigenvalue weighted by atomic mass is 10.1. The number of amides is 1. The van der Waals surface area contributed by atoms with Crippen molar-refractivity contribution in [1.82, 2.24) is 24.6 Å². The molecule has 0 atom stereocenters. The van der Waals surface area contributed by atoms with Gasteiger partial charge in [0.15, 0.2) is 17.3 Å². The highest BCUT2D eigenvalue weighted by molar-refractivity contribution is 6.35. The molecule has 0 bridgehead atoms. The van der Waals surface area contributed by atoms with Crippen LogP contribution in [0.4, 0.5) is 15.9 Å².